The Morgan fingerprint density at radius 1 is 1.17 bits per heavy atom. The first-order valence-corrected chi connectivity index (χ1v) is 4.43. The minimum atomic E-state index is -0.103. The van der Waals surface area contributed by atoms with E-state index in [0.717, 1.165) is 6.42 Å². The zero-order valence-corrected chi connectivity index (χ0v) is 8.59. The molecular formula is C10H20O2. The number of rotatable bonds is 5. The second-order valence-corrected chi connectivity index (χ2v) is 3.63. The average molecular weight is 172 g/mol. The number of hydrogen-bond donors (Lipinski definition) is 0. The van der Waals surface area contributed by atoms with Gasteiger partial charge in [0.2, 0.25) is 0 Å². The van der Waals surface area contributed by atoms with Crippen LogP contribution in [-0.2, 0) is 9.47 Å². The fourth-order valence-electron chi connectivity index (χ4n) is 0.569. The molecule has 0 saturated carbocycles. The number of ether oxygens (including phenoxy) is 2. The lowest BCUT2D eigenvalue weighted by Gasteiger charge is -2.18. The van der Waals surface area contributed by atoms with Crippen LogP contribution in [0.2, 0.25) is 0 Å². The molecule has 0 radical (unpaired) electrons. The minimum absolute atomic E-state index is 0.103. The Hall–Kier alpha value is -0.340. The van der Waals surface area contributed by atoms with E-state index in [1.807, 2.05) is 26.8 Å². The largest absolute Gasteiger partial charge is 0.351 e. The van der Waals surface area contributed by atoms with Gasteiger partial charge in [0.15, 0.2) is 0 Å². The van der Waals surface area contributed by atoms with Crippen molar-refractivity contribution >= 4 is 0 Å². The summed E-state index contributed by atoms with van der Waals surface area (Å²) in [5.74, 6) is 0. The predicted molar refractivity (Wildman–Crippen MR) is 51.1 cm³/mol. The Bertz CT molecular complexity index is 122. The van der Waals surface area contributed by atoms with Gasteiger partial charge in [-0.05, 0) is 27.2 Å². The van der Waals surface area contributed by atoms with Gasteiger partial charge in [-0.15, -0.1) is 0 Å². The van der Waals surface area contributed by atoms with Crippen LogP contribution in [0.5, 0.6) is 0 Å². The maximum Gasteiger partial charge on any atom is 0.147 e. The lowest BCUT2D eigenvalue weighted by molar-refractivity contribution is -0.113. The third kappa shape index (κ3) is 9.66. The summed E-state index contributed by atoms with van der Waals surface area (Å²) >= 11 is 0. The van der Waals surface area contributed by atoms with E-state index >= 15 is 0 Å². The van der Waals surface area contributed by atoms with Crippen LogP contribution in [0.1, 0.15) is 34.1 Å². The van der Waals surface area contributed by atoms with Crippen molar-refractivity contribution in [3.63, 3.8) is 0 Å². The van der Waals surface area contributed by atoms with Crippen molar-refractivity contribution in [1.29, 1.82) is 0 Å². The summed E-state index contributed by atoms with van der Waals surface area (Å²) in [6.07, 6.45) is 5.15. The van der Waals surface area contributed by atoms with Crippen molar-refractivity contribution in [3.8, 4) is 0 Å². The molecule has 2 nitrogen and oxygen atoms in total. The normalized spacial score (nSPS) is 12.7. The summed E-state index contributed by atoms with van der Waals surface area (Å²) in [5, 5.41) is 0. The molecule has 72 valence electrons. The molecule has 0 aliphatic carbocycles. The summed E-state index contributed by atoms with van der Waals surface area (Å²) in [6.45, 7) is 9.15. The predicted octanol–water partition coefficient (Wildman–Crippen LogP) is 2.74. The van der Waals surface area contributed by atoms with Crippen LogP contribution in [0.4, 0.5) is 0 Å². The molecule has 0 aromatic heterocycles. The second kappa shape index (κ2) is 6.21. The molecule has 0 heterocycles. The standard InChI is InChI=1S/C10H20O2/c1-5-6-7-8-11-9-12-10(2,3)4/h6-7H,5,8-9H2,1-4H3/b7-6+. The van der Waals surface area contributed by atoms with E-state index in [1.54, 1.807) is 0 Å². The van der Waals surface area contributed by atoms with Gasteiger partial charge >= 0.3 is 0 Å². The highest BCUT2D eigenvalue weighted by atomic mass is 16.7. The third-order valence-electron chi connectivity index (χ3n) is 1.19. The van der Waals surface area contributed by atoms with E-state index in [0.29, 0.717) is 13.4 Å². The van der Waals surface area contributed by atoms with Gasteiger partial charge in [0, 0.05) is 0 Å². The Morgan fingerprint density at radius 3 is 2.33 bits per heavy atom. The van der Waals surface area contributed by atoms with E-state index in [1.165, 1.54) is 0 Å². The van der Waals surface area contributed by atoms with Crippen LogP contribution >= 0.6 is 0 Å². The highest BCUT2D eigenvalue weighted by Gasteiger charge is 2.08. The smallest absolute Gasteiger partial charge is 0.147 e. The van der Waals surface area contributed by atoms with Gasteiger partial charge in [-0.2, -0.15) is 0 Å². The van der Waals surface area contributed by atoms with Crippen LogP contribution in [0.3, 0.4) is 0 Å². The van der Waals surface area contributed by atoms with Gasteiger partial charge in [0.25, 0.3) is 0 Å². The van der Waals surface area contributed by atoms with Crippen molar-refractivity contribution in [2.45, 2.75) is 39.7 Å². The molecule has 0 rings (SSSR count). The Balaban J connectivity index is 3.17. The minimum Gasteiger partial charge on any atom is -0.351 e. The quantitative estimate of drug-likeness (QED) is 0.360. The molecule has 0 unspecified atom stereocenters. The molecule has 0 aromatic carbocycles. The number of allylic oxidation sites excluding steroid dienone is 1. The van der Waals surface area contributed by atoms with E-state index in [4.69, 9.17) is 9.47 Å². The Morgan fingerprint density at radius 2 is 1.83 bits per heavy atom. The lowest BCUT2D eigenvalue weighted by atomic mass is 10.2. The molecule has 0 aromatic rings. The molecule has 0 aliphatic heterocycles. The van der Waals surface area contributed by atoms with Gasteiger partial charge in [-0.1, -0.05) is 19.1 Å². The molecule has 0 spiro atoms. The van der Waals surface area contributed by atoms with Crippen LogP contribution in [0, 0.1) is 0 Å². The summed E-state index contributed by atoms with van der Waals surface area (Å²) in [6, 6.07) is 0. The molecule has 0 amide bonds. The first-order chi connectivity index (χ1) is 5.56. The van der Waals surface area contributed by atoms with Crippen molar-refractivity contribution in [2.24, 2.45) is 0 Å². The zero-order valence-electron chi connectivity index (χ0n) is 8.59. The zero-order chi connectivity index (χ0) is 9.45. The van der Waals surface area contributed by atoms with Crippen LogP contribution in [0.25, 0.3) is 0 Å². The third-order valence-corrected chi connectivity index (χ3v) is 1.19. The van der Waals surface area contributed by atoms with E-state index in [-0.39, 0.29) is 5.60 Å². The molecule has 0 aliphatic rings. The van der Waals surface area contributed by atoms with Crippen molar-refractivity contribution < 1.29 is 9.47 Å². The summed E-state index contributed by atoms with van der Waals surface area (Å²) in [4.78, 5) is 0. The van der Waals surface area contributed by atoms with Crippen molar-refractivity contribution in [1.82, 2.24) is 0 Å². The highest BCUT2D eigenvalue weighted by Crippen LogP contribution is 2.05. The van der Waals surface area contributed by atoms with Crippen molar-refractivity contribution in [3.05, 3.63) is 12.2 Å². The molecule has 0 saturated heterocycles. The number of hydrogen-bond acceptors (Lipinski definition) is 2. The molecular weight excluding hydrogens is 152 g/mol. The van der Waals surface area contributed by atoms with Gasteiger partial charge in [-0.3, -0.25) is 0 Å². The van der Waals surface area contributed by atoms with Gasteiger partial charge < -0.3 is 9.47 Å². The maximum absolute atomic E-state index is 5.35. The van der Waals surface area contributed by atoms with Gasteiger partial charge in [0.05, 0.1) is 12.2 Å². The molecule has 0 bridgehead atoms. The Labute approximate surface area is 75.6 Å². The van der Waals surface area contributed by atoms with E-state index in [2.05, 4.69) is 13.0 Å². The summed E-state index contributed by atoms with van der Waals surface area (Å²) in [5.41, 5.74) is -0.103. The molecule has 0 fully saturated rings. The van der Waals surface area contributed by atoms with Gasteiger partial charge in [0.1, 0.15) is 6.79 Å². The molecule has 2 heteroatoms. The van der Waals surface area contributed by atoms with E-state index in [9.17, 15) is 0 Å². The monoisotopic (exact) mass is 172 g/mol. The van der Waals surface area contributed by atoms with Crippen LogP contribution in [0.15, 0.2) is 12.2 Å². The van der Waals surface area contributed by atoms with Crippen molar-refractivity contribution in [2.75, 3.05) is 13.4 Å². The first-order valence-electron chi connectivity index (χ1n) is 4.43. The highest BCUT2D eigenvalue weighted by molar-refractivity contribution is 4.79. The molecule has 0 N–H and O–H groups in total. The fourth-order valence-corrected chi connectivity index (χ4v) is 0.569. The maximum atomic E-state index is 5.35. The fraction of sp³-hybridized carbons (Fsp3) is 0.800. The SMILES string of the molecule is CC/C=C/COCOC(C)(C)C. The lowest BCUT2D eigenvalue weighted by Crippen LogP contribution is -2.20. The van der Waals surface area contributed by atoms with Gasteiger partial charge in [-0.25, -0.2) is 0 Å². The average Bonchev–Trinajstić information content (AvgIpc) is 1.94. The summed E-state index contributed by atoms with van der Waals surface area (Å²) in [7, 11) is 0. The molecule has 12 heavy (non-hydrogen) atoms. The summed E-state index contributed by atoms with van der Waals surface area (Å²) < 4.78 is 10.6. The first kappa shape index (κ1) is 11.7. The topological polar surface area (TPSA) is 18.5 Å². The second-order valence-electron chi connectivity index (χ2n) is 3.63. The van der Waals surface area contributed by atoms with Crippen LogP contribution in [-0.4, -0.2) is 19.0 Å². The molecule has 0 atom stereocenters. The van der Waals surface area contributed by atoms with Crippen LogP contribution < -0.4 is 0 Å². The van der Waals surface area contributed by atoms with E-state index < -0.39 is 0 Å². The Kier molecular flexibility index (Phi) is 6.03.